The predicted molar refractivity (Wildman–Crippen MR) is 82.3 cm³/mol. The molecule has 0 aromatic heterocycles. The van der Waals surface area contributed by atoms with Crippen molar-refractivity contribution in [2.24, 2.45) is 5.92 Å². The lowest BCUT2D eigenvalue weighted by Crippen LogP contribution is -2.40. The number of amides is 2. The highest BCUT2D eigenvalue weighted by molar-refractivity contribution is 5.73. The summed E-state index contributed by atoms with van der Waals surface area (Å²) < 4.78 is 0. The number of carboxylic acid groups (broad SMARTS) is 1. The summed E-state index contributed by atoms with van der Waals surface area (Å²) in [6, 6.07) is -0.123. The van der Waals surface area contributed by atoms with Gasteiger partial charge in [-0.05, 0) is 44.7 Å². The van der Waals surface area contributed by atoms with Crippen molar-refractivity contribution in [2.75, 3.05) is 32.7 Å². The smallest absolute Gasteiger partial charge is 0.314 e. The zero-order valence-electron chi connectivity index (χ0n) is 13.1. The Bertz CT molecular complexity index is 317. The highest BCUT2D eigenvalue weighted by Crippen LogP contribution is 2.14. The lowest BCUT2D eigenvalue weighted by Gasteiger charge is -2.16. The van der Waals surface area contributed by atoms with Gasteiger partial charge in [-0.2, -0.15) is 0 Å². The number of likely N-dealkylation sites (tertiary alicyclic amines) is 1. The van der Waals surface area contributed by atoms with Crippen molar-refractivity contribution in [1.82, 2.24) is 15.5 Å². The van der Waals surface area contributed by atoms with Crippen LogP contribution in [0.5, 0.6) is 0 Å². The number of hydrogen-bond donors (Lipinski definition) is 3. The quantitative estimate of drug-likeness (QED) is 0.573. The number of aliphatic carboxylic acids is 1. The molecule has 0 bridgehead atoms. The van der Waals surface area contributed by atoms with Gasteiger partial charge in [0.05, 0.1) is 0 Å². The van der Waals surface area contributed by atoms with Crippen molar-refractivity contribution in [2.45, 2.75) is 45.4 Å². The molecule has 122 valence electrons. The van der Waals surface area contributed by atoms with E-state index in [1.165, 1.54) is 12.8 Å². The maximum Gasteiger partial charge on any atom is 0.314 e. The van der Waals surface area contributed by atoms with Gasteiger partial charge in [0.15, 0.2) is 0 Å². The molecular formula is C15H29N3O3. The van der Waals surface area contributed by atoms with Gasteiger partial charge >= 0.3 is 12.0 Å². The Hall–Kier alpha value is -1.30. The largest absolute Gasteiger partial charge is 0.481 e. The van der Waals surface area contributed by atoms with E-state index in [9.17, 15) is 9.59 Å². The SMILES string of the molecule is CCC(CCNC(=O)NCCN1CCCC1)CCC(=O)O. The lowest BCUT2D eigenvalue weighted by molar-refractivity contribution is -0.137. The fraction of sp³-hybridized carbons (Fsp3) is 0.867. The van der Waals surface area contributed by atoms with Crippen LogP contribution in [0.2, 0.25) is 0 Å². The normalized spacial score (nSPS) is 16.6. The van der Waals surface area contributed by atoms with Crippen molar-refractivity contribution >= 4 is 12.0 Å². The fourth-order valence-corrected chi connectivity index (χ4v) is 2.67. The third-order valence-corrected chi connectivity index (χ3v) is 4.09. The highest BCUT2D eigenvalue weighted by Gasteiger charge is 2.12. The first kappa shape index (κ1) is 17.8. The monoisotopic (exact) mass is 299 g/mol. The van der Waals surface area contributed by atoms with Gasteiger partial charge in [0.1, 0.15) is 0 Å². The maximum atomic E-state index is 11.6. The molecule has 1 rings (SSSR count). The molecule has 21 heavy (non-hydrogen) atoms. The Morgan fingerprint density at radius 3 is 2.43 bits per heavy atom. The van der Waals surface area contributed by atoms with Crippen LogP contribution in [-0.2, 0) is 4.79 Å². The molecule has 1 heterocycles. The van der Waals surface area contributed by atoms with Gasteiger partial charge < -0.3 is 20.6 Å². The second-order valence-corrected chi connectivity index (χ2v) is 5.73. The maximum absolute atomic E-state index is 11.6. The van der Waals surface area contributed by atoms with Gasteiger partial charge in [-0.15, -0.1) is 0 Å². The molecule has 6 heteroatoms. The molecule has 0 saturated carbocycles. The number of carbonyl (C=O) groups is 2. The van der Waals surface area contributed by atoms with Crippen LogP contribution in [-0.4, -0.2) is 54.7 Å². The van der Waals surface area contributed by atoms with Crippen molar-refractivity contribution in [1.29, 1.82) is 0 Å². The predicted octanol–water partition coefficient (Wildman–Crippen LogP) is 1.66. The minimum absolute atomic E-state index is 0.123. The topological polar surface area (TPSA) is 81.7 Å². The number of nitrogens with zero attached hydrogens (tertiary/aromatic N) is 1. The van der Waals surface area contributed by atoms with Gasteiger partial charge in [0.25, 0.3) is 0 Å². The Balaban J connectivity index is 2.01. The molecule has 1 aliphatic heterocycles. The summed E-state index contributed by atoms with van der Waals surface area (Å²) in [5, 5.41) is 14.4. The average molecular weight is 299 g/mol. The van der Waals surface area contributed by atoms with Gasteiger partial charge in [0, 0.05) is 26.1 Å². The summed E-state index contributed by atoms with van der Waals surface area (Å²) in [5.41, 5.74) is 0. The summed E-state index contributed by atoms with van der Waals surface area (Å²) in [5.74, 6) is -0.382. The van der Waals surface area contributed by atoms with Crippen LogP contribution in [0, 0.1) is 5.92 Å². The molecule has 1 fully saturated rings. The third-order valence-electron chi connectivity index (χ3n) is 4.09. The second kappa shape index (κ2) is 10.4. The van der Waals surface area contributed by atoms with Crippen molar-refractivity contribution in [3.63, 3.8) is 0 Å². The van der Waals surface area contributed by atoms with Gasteiger partial charge in [-0.25, -0.2) is 4.79 Å². The first-order chi connectivity index (χ1) is 10.1. The van der Waals surface area contributed by atoms with E-state index < -0.39 is 5.97 Å². The Morgan fingerprint density at radius 1 is 1.14 bits per heavy atom. The molecule has 1 saturated heterocycles. The molecule has 0 aromatic carbocycles. The van der Waals surface area contributed by atoms with E-state index in [0.717, 1.165) is 32.5 Å². The van der Waals surface area contributed by atoms with E-state index in [-0.39, 0.29) is 12.5 Å². The molecule has 0 aromatic rings. The molecular weight excluding hydrogens is 270 g/mol. The van der Waals surface area contributed by atoms with Crippen LogP contribution in [0.15, 0.2) is 0 Å². The molecule has 2 amide bonds. The Kier molecular flexibility index (Phi) is 8.82. The van der Waals surface area contributed by atoms with E-state index in [1.54, 1.807) is 0 Å². The summed E-state index contributed by atoms with van der Waals surface area (Å²) in [6.07, 6.45) is 5.21. The van der Waals surface area contributed by atoms with Crippen LogP contribution >= 0.6 is 0 Å². The number of hydrogen-bond acceptors (Lipinski definition) is 3. The van der Waals surface area contributed by atoms with E-state index in [4.69, 9.17) is 5.11 Å². The first-order valence-electron chi connectivity index (χ1n) is 8.07. The van der Waals surface area contributed by atoms with Crippen LogP contribution in [0.25, 0.3) is 0 Å². The minimum atomic E-state index is -0.749. The van der Waals surface area contributed by atoms with E-state index in [1.807, 2.05) is 0 Å². The fourth-order valence-electron chi connectivity index (χ4n) is 2.67. The summed E-state index contributed by atoms with van der Waals surface area (Å²) in [6.45, 7) is 6.55. The first-order valence-corrected chi connectivity index (χ1v) is 8.07. The molecule has 3 N–H and O–H groups in total. The van der Waals surface area contributed by atoms with E-state index >= 15 is 0 Å². The van der Waals surface area contributed by atoms with Crippen LogP contribution in [0.4, 0.5) is 4.79 Å². The van der Waals surface area contributed by atoms with E-state index in [2.05, 4.69) is 22.5 Å². The summed E-state index contributed by atoms with van der Waals surface area (Å²) in [7, 11) is 0. The summed E-state index contributed by atoms with van der Waals surface area (Å²) in [4.78, 5) is 24.5. The standard InChI is InChI=1S/C15H29N3O3/c1-2-13(5-6-14(19)20)7-8-16-15(21)17-9-12-18-10-3-4-11-18/h13H,2-12H2,1H3,(H,19,20)(H2,16,17,21). The molecule has 1 aliphatic rings. The lowest BCUT2D eigenvalue weighted by atomic mass is 9.97. The number of urea groups is 1. The number of carbonyl (C=O) groups excluding carboxylic acids is 1. The number of rotatable bonds is 10. The molecule has 6 nitrogen and oxygen atoms in total. The van der Waals surface area contributed by atoms with Gasteiger partial charge in [-0.1, -0.05) is 13.3 Å². The van der Waals surface area contributed by atoms with E-state index in [0.29, 0.717) is 25.4 Å². The van der Waals surface area contributed by atoms with Crippen LogP contribution in [0.3, 0.4) is 0 Å². The van der Waals surface area contributed by atoms with Crippen LogP contribution < -0.4 is 10.6 Å². The zero-order valence-corrected chi connectivity index (χ0v) is 13.1. The number of nitrogens with one attached hydrogen (secondary N) is 2. The minimum Gasteiger partial charge on any atom is -0.481 e. The van der Waals surface area contributed by atoms with Crippen molar-refractivity contribution in [3.05, 3.63) is 0 Å². The molecule has 0 spiro atoms. The molecule has 1 unspecified atom stereocenters. The Labute approximate surface area is 127 Å². The zero-order chi connectivity index (χ0) is 15.5. The Morgan fingerprint density at radius 2 is 1.81 bits per heavy atom. The van der Waals surface area contributed by atoms with Crippen molar-refractivity contribution in [3.8, 4) is 0 Å². The molecule has 0 radical (unpaired) electrons. The molecule has 1 atom stereocenters. The van der Waals surface area contributed by atoms with Crippen LogP contribution in [0.1, 0.15) is 45.4 Å². The van der Waals surface area contributed by atoms with Gasteiger partial charge in [0.2, 0.25) is 0 Å². The third kappa shape index (κ3) is 8.55. The summed E-state index contributed by atoms with van der Waals surface area (Å²) >= 11 is 0. The molecule has 0 aliphatic carbocycles. The number of carboxylic acids is 1. The second-order valence-electron chi connectivity index (χ2n) is 5.73. The average Bonchev–Trinajstić information content (AvgIpc) is 2.95. The highest BCUT2D eigenvalue weighted by atomic mass is 16.4. The van der Waals surface area contributed by atoms with Gasteiger partial charge in [-0.3, -0.25) is 4.79 Å². The van der Waals surface area contributed by atoms with Crippen molar-refractivity contribution < 1.29 is 14.7 Å².